The largest absolute Gasteiger partial charge is 0.318 e. The first-order valence-corrected chi connectivity index (χ1v) is 9.77. The summed E-state index contributed by atoms with van der Waals surface area (Å²) in [5.41, 5.74) is 3.72. The van der Waals surface area contributed by atoms with Crippen LogP contribution in [0.4, 0.5) is 20.9 Å². The van der Waals surface area contributed by atoms with Gasteiger partial charge in [0.15, 0.2) is 0 Å². The molecule has 0 bridgehead atoms. The van der Waals surface area contributed by atoms with Crippen LogP contribution in [0.1, 0.15) is 25.6 Å². The number of aryl methyl sites for hydroxylation is 1. The fourth-order valence-electron chi connectivity index (χ4n) is 2.38. The molecule has 3 rings (SSSR count). The Kier molecular flexibility index (Phi) is 5.68. The standard InChI is InChI=1S/C16H21FN6O2S2/c1-10-18-15(26-19-10)22(4)13-8-14(11(17)7-12(13)21(3)9-24)27-23(25)20-16(2)5-6-16/h7-9,20,25H,5-6H2,1-4H3. The summed E-state index contributed by atoms with van der Waals surface area (Å²) in [5.74, 6) is 0.0864. The van der Waals surface area contributed by atoms with Crippen molar-refractivity contribution in [3.63, 3.8) is 0 Å². The van der Waals surface area contributed by atoms with Gasteiger partial charge in [0.2, 0.25) is 11.5 Å². The highest BCUT2D eigenvalue weighted by Gasteiger charge is 2.39. The molecular weight excluding hydrogens is 391 g/mol. The third kappa shape index (κ3) is 4.55. The Morgan fingerprint density at radius 2 is 2.07 bits per heavy atom. The predicted molar refractivity (Wildman–Crippen MR) is 104 cm³/mol. The minimum atomic E-state index is -0.545. The van der Waals surface area contributed by atoms with Gasteiger partial charge < -0.3 is 9.80 Å². The highest BCUT2D eigenvalue weighted by Crippen LogP contribution is 2.40. The van der Waals surface area contributed by atoms with E-state index < -0.39 is 5.82 Å². The molecule has 1 saturated carbocycles. The lowest BCUT2D eigenvalue weighted by Gasteiger charge is -2.25. The number of carbonyl (C=O) groups excluding carboxylic acids is 1. The first-order chi connectivity index (χ1) is 12.7. The zero-order valence-electron chi connectivity index (χ0n) is 15.4. The van der Waals surface area contributed by atoms with Gasteiger partial charge in [0, 0.05) is 49.2 Å². The van der Waals surface area contributed by atoms with Gasteiger partial charge in [-0.1, -0.05) is 4.58 Å². The monoisotopic (exact) mass is 412 g/mol. The predicted octanol–water partition coefficient (Wildman–Crippen LogP) is 3.10. The Hall–Kier alpha value is -1.79. The fraction of sp³-hybridized carbons (Fsp3) is 0.438. The number of carbonyl (C=O) groups is 1. The second-order valence-electron chi connectivity index (χ2n) is 6.71. The average Bonchev–Trinajstić information content (AvgIpc) is 3.17. The van der Waals surface area contributed by atoms with E-state index in [-0.39, 0.29) is 10.4 Å². The second-order valence-corrected chi connectivity index (χ2v) is 8.41. The lowest BCUT2D eigenvalue weighted by atomic mass is 10.2. The minimum Gasteiger partial charge on any atom is -0.318 e. The van der Waals surface area contributed by atoms with E-state index in [4.69, 9.17) is 0 Å². The number of benzene rings is 1. The zero-order valence-corrected chi connectivity index (χ0v) is 17.1. The van der Waals surface area contributed by atoms with Crippen molar-refractivity contribution in [1.29, 1.82) is 0 Å². The zero-order chi connectivity index (χ0) is 19.8. The van der Waals surface area contributed by atoms with E-state index in [1.807, 2.05) is 6.92 Å². The summed E-state index contributed by atoms with van der Waals surface area (Å²) in [6.45, 7) is 3.76. The van der Waals surface area contributed by atoms with Crippen LogP contribution in [0, 0.1) is 12.7 Å². The van der Waals surface area contributed by atoms with Crippen molar-refractivity contribution in [3.8, 4) is 0 Å². The highest BCUT2D eigenvalue weighted by molar-refractivity contribution is 7.96. The third-order valence-corrected chi connectivity index (χ3v) is 5.94. The number of aromatic nitrogens is 2. The minimum absolute atomic E-state index is 0.153. The van der Waals surface area contributed by atoms with E-state index in [0.29, 0.717) is 28.7 Å². The Bertz CT molecular complexity index is 844. The molecule has 0 atom stereocenters. The van der Waals surface area contributed by atoms with Gasteiger partial charge >= 0.3 is 0 Å². The number of hydrogen-bond donors (Lipinski definition) is 2. The lowest BCUT2D eigenvalue weighted by molar-refractivity contribution is -0.107. The third-order valence-electron chi connectivity index (χ3n) is 4.28. The van der Waals surface area contributed by atoms with Crippen molar-refractivity contribution in [2.45, 2.75) is 37.1 Å². The first kappa shape index (κ1) is 20.0. The summed E-state index contributed by atoms with van der Waals surface area (Å²) in [6.07, 6.45) is 2.50. The molecule has 0 aliphatic heterocycles. The summed E-state index contributed by atoms with van der Waals surface area (Å²) >= 11 is 2.04. The van der Waals surface area contributed by atoms with E-state index >= 15 is 0 Å². The van der Waals surface area contributed by atoms with Crippen LogP contribution in [0.15, 0.2) is 17.0 Å². The molecule has 1 amide bonds. The van der Waals surface area contributed by atoms with Crippen molar-refractivity contribution in [3.05, 3.63) is 23.8 Å². The Labute approximate surface area is 165 Å². The molecule has 1 aliphatic rings. The molecule has 1 aromatic heterocycles. The number of hydrogen-bond acceptors (Lipinski definition) is 9. The van der Waals surface area contributed by atoms with Crippen LogP contribution in [0.2, 0.25) is 0 Å². The van der Waals surface area contributed by atoms with Gasteiger partial charge in [-0.05, 0) is 32.8 Å². The van der Waals surface area contributed by atoms with Crippen LogP contribution >= 0.6 is 23.5 Å². The molecule has 0 spiro atoms. The van der Waals surface area contributed by atoms with Crippen molar-refractivity contribution >= 4 is 46.4 Å². The van der Waals surface area contributed by atoms with Crippen LogP contribution in [0.3, 0.4) is 0 Å². The van der Waals surface area contributed by atoms with Crippen molar-refractivity contribution in [2.24, 2.45) is 0 Å². The molecule has 27 heavy (non-hydrogen) atoms. The SMILES string of the molecule is Cc1nsc(N(C)c2cc(SN(O)NC3(C)CC3)c(F)cc2N(C)C=O)n1. The number of nitrogens with one attached hydrogen (secondary N) is 1. The summed E-state index contributed by atoms with van der Waals surface area (Å²) in [6, 6.07) is 2.84. The molecule has 1 heterocycles. The van der Waals surface area contributed by atoms with E-state index in [9.17, 15) is 14.4 Å². The average molecular weight is 413 g/mol. The Balaban J connectivity index is 1.94. The molecule has 1 aliphatic carbocycles. The summed E-state index contributed by atoms with van der Waals surface area (Å²) in [4.78, 5) is 18.8. The quantitative estimate of drug-likeness (QED) is 0.389. The van der Waals surface area contributed by atoms with Crippen LogP contribution < -0.4 is 15.2 Å². The highest BCUT2D eigenvalue weighted by atomic mass is 32.2. The van der Waals surface area contributed by atoms with Gasteiger partial charge in [0.05, 0.1) is 16.3 Å². The van der Waals surface area contributed by atoms with E-state index in [1.165, 1.54) is 22.5 Å². The molecule has 8 nitrogen and oxygen atoms in total. The molecule has 11 heteroatoms. The normalized spacial score (nSPS) is 15.1. The summed E-state index contributed by atoms with van der Waals surface area (Å²) in [7, 11) is 3.31. The van der Waals surface area contributed by atoms with Gasteiger partial charge in [-0.3, -0.25) is 10.0 Å². The van der Waals surface area contributed by atoms with Crippen molar-refractivity contribution in [2.75, 3.05) is 23.9 Å². The molecule has 1 fully saturated rings. The molecule has 2 N–H and O–H groups in total. The van der Waals surface area contributed by atoms with Crippen LogP contribution in [0.5, 0.6) is 0 Å². The fourth-order valence-corrected chi connectivity index (χ4v) is 3.79. The van der Waals surface area contributed by atoms with Gasteiger partial charge in [-0.25, -0.2) is 14.8 Å². The smallest absolute Gasteiger partial charge is 0.213 e. The topological polar surface area (TPSA) is 84.8 Å². The molecule has 1 aromatic carbocycles. The van der Waals surface area contributed by atoms with Gasteiger partial charge in [0.25, 0.3) is 0 Å². The molecule has 0 saturated heterocycles. The second kappa shape index (κ2) is 7.68. The van der Waals surface area contributed by atoms with Crippen LogP contribution in [-0.4, -0.2) is 45.2 Å². The molecule has 2 aromatic rings. The van der Waals surface area contributed by atoms with Crippen molar-refractivity contribution < 1.29 is 14.4 Å². The number of anilines is 3. The van der Waals surface area contributed by atoms with E-state index in [2.05, 4.69) is 14.8 Å². The maximum atomic E-state index is 14.6. The van der Waals surface area contributed by atoms with Gasteiger partial charge in [0.1, 0.15) is 11.6 Å². The Morgan fingerprint density at radius 1 is 1.37 bits per heavy atom. The van der Waals surface area contributed by atoms with Gasteiger partial charge in [-0.2, -0.15) is 4.37 Å². The lowest BCUT2D eigenvalue weighted by Crippen LogP contribution is -2.38. The number of nitrogens with zero attached hydrogens (tertiary/aromatic N) is 5. The maximum absolute atomic E-state index is 14.6. The molecular formula is C16H21FN6O2S2. The number of halogens is 1. The molecule has 0 unspecified atom stereocenters. The van der Waals surface area contributed by atoms with E-state index in [1.54, 1.807) is 32.0 Å². The number of rotatable bonds is 8. The van der Waals surface area contributed by atoms with Gasteiger partial charge in [-0.15, -0.1) is 0 Å². The van der Waals surface area contributed by atoms with Crippen LogP contribution in [0.25, 0.3) is 0 Å². The van der Waals surface area contributed by atoms with Crippen molar-refractivity contribution in [1.82, 2.24) is 19.4 Å². The number of amides is 1. The summed E-state index contributed by atoms with van der Waals surface area (Å²) in [5, 5.41) is 10.7. The Morgan fingerprint density at radius 3 is 2.63 bits per heavy atom. The maximum Gasteiger partial charge on any atom is 0.213 e. The molecule has 146 valence electrons. The summed E-state index contributed by atoms with van der Waals surface area (Å²) < 4.78 is 19.6. The number of hydrazine groups is 1. The van der Waals surface area contributed by atoms with E-state index in [0.717, 1.165) is 29.4 Å². The molecule has 0 radical (unpaired) electrons. The van der Waals surface area contributed by atoms with Crippen LogP contribution in [-0.2, 0) is 4.79 Å². The first-order valence-electron chi connectivity index (χ1n) is 8.23.